The van der Waals surface area contributed by atoms with Crippen molar-refractivity contribution < 1.29 is 19.1 Å². The van der Waals surface area contributed by atoms with Gasteiger partial charge < -0.3 is 9.47 Å². The number of hydrogen-bond acceptors (Lipinski definition) is 4. The summed E-state index contributed by atoms with van der Waals surface area (Å²) < 4.78 is 10.1. The van der Waals surface area contributed by atoms with E-state index in [-0.39, 0.29) is 6.61 Å². The van der Waals surface area contributed by atoms with Gasteiger partial charge in [-0.3, -0.25) is 0 Å². The molecule has 98 valence electrons. The van der Waals surface area contributed by atoms with Crippen LogP contribution in [0.2, 0.25) is 0 Å². The van der Waals surface area contributed by atoms with Gasteiger partial charge in [-0.2, -0.15) is 0 Å². The number of hydrazine groups is 1. The van der Waals surface area contributed by atoms with Crippen LogP contribution in [0.25, 0.3) is 0 Å². The second-order valence-corrected chi connectivity index (χ2v) is 4.78. The molecule has 0 unspecified atom stereocenters. The molecule has 0 atom stereocenters. The fourth-order valence-electron chi connectivity index (χ4n) is 1.50. The number of hydrogen-bond donors (Lipinski definition) is 0. The van der Waals surface area contributed by atoms with Crippen LogP contribution in [0.15, 0.2) is 0 Å². The Hall–Kier alpha value is -1.46. The lowest BCUT2D eigenvalue weighted by molar-refractivity contribution is -0.0247. The molecule has 6 nitrogen and oxygen atoms in total. The Labute approximate surface area is 101 Å². The van der Waals surface area contributed by atoms with Gasteiger partial charge in [0, 0.05) is 13.1 Å². The van der Waals surface area contributed by atoms with Crippen LogP contribution in [0.5, 0.6) is 0 Å². The largest absolute Gasteiger partial charge is 0.448 e. The third-order valence-corrected chi connectivity index (χ3v) is 2.11. The number of rotatable bonds is 1. The molecule has 1 rings (SSSR count). The van der Waals surface area contributed by atoms with Gasteiger partial charge in [0.1, 0.15) is 5.60 Å². The molecule has 1 aliphatic heterocycles. The van der Waals surface area contributed by atoms with E-state index in [9.17, 15) is 9.59 Å². The molecule has 0 aromatic heterocycles. The topological polar surface area (TPSA) is 59.1 Å². The molecule has 0 N–H and O–H groups in total. The standard InChI is InChI=1S/C11H20N2O4/c1-5-16-9(14)12-7-6-8-13(12)10(15)17-11(2,3)4/h5-8H2,1-4H3. The molecular formula is C11H20N2O4. The van der Waals surface area contributed by atoms with E-state index in [4.69, 9.17) is 9.47 Å². The van der Waals surface area contributed by atoms with E-state index in [1.807, 2.05) is 0 Å². The third-order valence-electron chi connectivity index (χ3n) is 2.11. The predicted octanol–water partition coefficient (Wildman–Crippen LogP) is 2.00. The van der Waals surface area contributed by atoms with Crippen LogP contribution >= 0.6 is 0 Å². The average molecular weight is 244 g/mol. The lowest BCUT2D eigenvalue weighted by Gasteiger charge is -2.29. The predicted molar refractivity (Wildman–Crippen MR) is 61.3 cm³/mol. The molecule has 0 radical (unpaired) electrons. The van der Waals surface area contributed by atoms with Crippen molar-refractivity contribution in [2.24, 2.45) is 0 Å². The van der Waals surface area contributed by atoms with Crippen LogP contribution in [-0.4, -0.2) is 47.5 Å². The van der Waals surface area contributed by atoms with Crippen LogP contribution in [0.1, 0.15) is 34.1 Å². The average Bonchev–Trinajstić information content (AvgIpc) is 2.63. The monoisotopic (exact) mass is 244 g/mol. The summed E-state index contributed by atoms with van der Waals surface area (Å²) in [6, 6.07) is 0. The zero-order valence-electron chi connectivity index (χ0n) is 10.9. The van der Waals surface area contributed by atoms with Crippen LogP contribution in [-0.2, 0) is 9.47 Å². The molecule has 1 heterocycles. The Morgan fingerprint density at radius 3 is 2.12 bits per heavy atom. The summed E-state index contributed by atoms with van der Waals surface area (Å²) in [4.78, 5) is 23.4. The lowest BCUT2D eigenvalue weighted by atomic mass is 10.2. The van der Waals surface area contributed by atoms with Crippen molar-refractivity contribution in [3.8, 4) is 0 Å². The fourth-order valence-corrected chi connectivity index (χ4v) is 1.50. The van der Waals surface area contributed by atoms with Gasteiger partial charge in [0.25, 0.3) is 0 Å². The minimum atomic E-state index is -0.569. The SMILES string of the molecule is CCOC(=O)N1CCCN1C(=O)OC(C)(C)C. The van der Waals surface area contributed by atoms with E-state index in [2.05, 4.69) is 0 Å². The summed E-state index contributed by atoms with van der Waals surface area (Å²) in [5, 5.41) is 2.58. The van der Waals surface area contributed by atoms with Crippen LogP contribution in [0.4, 0.5) is 9.59 Å². The molecule has 0 saturated carbocycles. The maximum absolute atomic E-state index is 11.8. The molecule has 0 spiro atoms. The van der Waals surface area contributed by atoms with Gasteiger partial charge in [-0.1, -0.05) is 0 Å². The first kappa shape index (κ1) is 13.6. The number of ether oxygens (including phenoxy) is 2. The minimum absolute atomic E-state index is 0.289. The summed E-state index contributed by atoms with van der Waals surface area (Å²) in [6.45, 7) is 8.34. The highest BCUT2D eigenvalue weighted by Crippen LogP contribution is 2.17. The number of carbonyl (C=O) groups excluding carboxylic acids is 2. The maximum atomic E-state index is 11.8. The molecule has 1 fully saturated rings. The highest BCUT2D eigenvalue weighted by Gasteiger charge is 2.34. The molecule has 0 bridgehead atoms. The molecular weight excluding hydrogens is 224 g/mol. The van der Waals surface area contributed by atoms with Gasteiger partial charge in [-0.25, -0.2) is 19.6 Å². The molecule has 1 saturated heterocycles. The molecule has 0 aromatic rings. The summed E-state index contributed by atoms with van der Waals surface area (Å²) in [6.07, 6.45) is -0.281. The van der Waals surface area contributed by atoms with Crippen molar-refractivity contribution in [1.29, 1.82) is 0 Å². The quantitative estimate of drug-likeness (QED) is 0.708. The zero-order valence-corrected chi connectivity index (χ0v) is 10.9. The third kappa shape index (κ3) is 3.80. The van der Waals surface area contributed by atoms with Crippen molar-refractivity contribution in [3.63, 3.8) is 0 Å². The highest BCUT2D eigenvalue weighted by molar-refractivity contribution is 5.75. The van der Waals surface area contributed by atoms with E-state index in [0.717, 1.165) is 6.42 Å². The Morgan fingerprint density at radius 2 is 1.65 bits per heavy atom. The second kappa shape index (κ2) is 5.25. The van der Waals surface area contributed by atoms with Crippen molar-refractivity contribution in [3.05, 3.63) is 0 Å². The molecule has 6 heteroatoms. The van der Waals surface area contributed by atoms with E-state index < -0.39 is 17.8 Å². The molecule has 2 amide bonds. The van der Waals surface area contributed by atoms with E-state index in [1.165, 1.54) is 10.0 Å². The zero-order chi connectivity index (χ0) is 13.1. The molecule has 1 aliphatic rings. The normalized spacial score (nSPS) is 16.0. The van der Waals surface area contributed by atoms with Crippen LogP contribution in [0.3, 0.4) is 0 Å². The van der Waals surface area contributed by atoms with Gasteiger partial charge in [0.2, 0.25) is 0 Å². The first-order valence-corrected chi connectivity index (χ1v) is 5.80. The Morgan fingerprint density at radius 1 is 1.12 bits per heavy atom. The van der Waals surface area contributed by atoms with E-state index >= 15 is 0 Å². The fraction of sp³-hybridized carbons (Fsp3) is 0.818. The van der Waals surface area contributed by atoms with Crippen LogP contribution in [0, 0.1) is 0 Å². The van der Waals surface area contributed by atoms with Gasteiger partial charge in [-0.15, -0.1) is 0 Å². The minimum Gasteiger partial charge on any atom is -0.448 e. The van der Waals surface area contributed by atoms with Gasteiger partial charge >= 0.3 is 12.2 Å². The number of carbonyl (C=O) groups is 2. The van der Waals surface area contributed by atoms with Crippen LogP contribution < -0.4 is 0 Å². The first-order valence-electron chi connectivity index (χ1n) is 5.80. The number of nitrogens with zero attached hydrogens (tertiary/aromatic N) is 2. The Balaban J connectivity index is 2.63. The second-order valence-electron chi connectivity index (χ2n) is 4.78. The molecule has 0 aromatic carbocycles. The Kier molecular flexibility index (Phi) is 4.20. The van der Waals surface area contributed by atoms with Gasteiger partial charge in [0.05, 0.1) is 6.61 Å². The molecule has 17 heavy (non-hydrogen) atoms. The van der Waals surface area contributed by atoms with Crippen molar-refractivity contribution in [1.82, 2.24) is 10.0 Å². The van der Waals surface area contributed by atoms with E-state index in [0.29, 0.717) is 13.1 Å². The van der Waals surface area contributed by atoms with Crippen molar-refractivity contribution in [2.45, 2.75) is 39.7 Å². The van der Waals surface area contributed by atoms with Gasteiger partial charge in [0.15, 0.2) is 0 Å². The number of amides is 2. The first-order chi connectivity index (χ1) is 7.85. The maximum Gasteiger partial charge on any atom is 0.429 e. The van der Waals surface area contributed by atoms with Crippen molar-refractivity contribution >= 4 is 12.2 Å². The summed E-state index contributed by atoms with van der Waals surface area (Å²) >= 11 is 0. The van der Waals surface area contributed by atoms with Gasteiger partial charge in [-0.05, 0) is 34.1 Å². The lowest BCUT2D eigenvalue weighted by Crippen LogP contribution is -2.47. The smallest absolute Gasteiger partial charge is 0.429 e. The van der Waals surface area contributed by atoms with E-state index in [1.54, 1.807) is 27.7 Å². The van der Waals surface area contributed by atoms with Crippen molar-refractivity contribution in [2.75, 3.05) is 19.7 Å². The summed E-state index contributed by atoms with van der Waals surface area (Å²) in [5.41, 5.74) is -0.569. The Bertz CT molecular complexity index is 298. The highest BCUT2D eigenvalue weighted by atomic mass is 16.6. The molecule has 0 aliphatic carbocycles. The summed E-state index contributed by atoms with van der Waals surface area (Å²) in [5.74, 6) is 0. The summed E-state index contributed by atoms with van der Waals surface area (Å²) in [7, 11) is 0.